The molecule has 1 aliphatic rings. The van der Waals surface area contributed by atoms with E-state index in [1.54, 1.807) is 34.1 Å². The monoisotopic (exact) mass is 292 g/mol. The van der Waals surface area contributed by atoms with Crippen molar-refractivity contribution in [3.63, 3.8) is 0 Å². The van der Waals surface area contributed by atoms with Gasteiger partial charge in [0.1, 0.15) is 0 Å². The van der Waals surface area contributed by atoms with E-state index in [0.717, 1.165) is 6.42 Å². The molecule has 2 amide bonds. The van der Waals surface area contributed by atoms with E-state index in [1.165, 1.54) is 6.08 Å². The molecule has 0 saturated carbocycles. The van der Waals surface area contributed by atoms with Crippen molar-refractivity contribution in [1.29, 1.82) is 0 Å². The molecule has 0 radical (unpaired) electrons. The van der Waals surface area contributed by atoms with Crippen molar-refractivity contribution in [2.24, 2.45) is 0 Å². The number of carbonyl (C=O) groups is 2. The Kier molecular flexibility index (Phi) is 4.79. The molecule has 0 aromatic heterocycles. The maximum atomic E-state index is 12.4. The average molecular weight is 293 g/mol. The first-order valence-corrected chi connectivity index (χ1v) is 6.96. The van der Waals surface area contributed by atoms with E-state index in [9.17, 15) is 9.59 Å². The first-order chi connectivity index (χ1) is 9.61. The summed E-state index contributed by atoms with van der Waals surface area (Å²) < 4.78 is 0. The Bertz CT molecular complexity index is 513. The zero-order chi connectivity index (χ0) is 14.5. The lowest BCUT2D eigenvalue weighted by molar-refractivity contribution is -0.125. The van der Waals surface area contributed by atoms with Crippen molar-refractivity contribution in [3.05, 3.63) is 47.5 Å². The molecule has 4 nitrogen and oxygen atoms in total. The minimum absolute atomic E-state index is 0.0189. The fraction of sp³-hybridized carbons (Fsp3) is 0.333. The Hall–Kier alpha value is -1.81. The van der Waals surface area contributed by atoms with Gasteiger partial charge in [-0.05, 0) is 36.8 Å². The van der Waals surface area contributed by atoms with E-state index in [2.05, 4.69) is 6.58 Å². The van der Waals surface area contributed by atoms with E-state index >= 15 is 0 Å². The van der Waals surface area contributed by atoms with E-state index in [1.807, 2.05) is 0 Å². The van der Waals surface area contributed by atoms with Gasteiger partial charge in [-0.2, -0.15) is 0 Å². The van der Waals surface area contributed by atoms with Gasteiger partial charge in [-0.25, -0.2) is 0 Å². The van der Waals surface area contributed by atoms with Gasteiger partial charge in [0.25, 0.3) is 5.91 Å². The smallest absolute Gasteiger partial charge is 0.253 e. The van der Waals surface area contributed by atoms with Crippen LogP contribution in [0.15, 0.2) is 36.9 Å². The third-order valence-corrected chi connectivity index (χ3v) is 3.61. The van der Waals surface area contributed by atoms with Crippen molar-refractivity contribution in [2.45, 2.75) is 6.42 Å². The molecular formula is C15H17ClN2O2. The van der Waals surface area contributed by atoms with Gasteiger partial charge >= 0.3 is 0 Å². The van der Waals surface area contributed by atoms with Crippen LogP contribution < -0.4 is 0 Å². The van der Waals surface area contributed by atoms with Gasteiger partial charge in [0.15, 0.2) is 0 Å². The molecule has 0 unspecified atom stereocenters. The molecule has 5 heteroatoms. The minimum Gasteiger partial charge on any atom is -0.337 e. The quantitative estimate of drug-likeness (QED) is 0.784. The first-order valence-electron chi connectivity index (χ1n) is 6.58. The van der Waals surface area contributed by atoms with E-state index in [0.29, 0.717) is 36.8 Å². The number of nitrogens with zero attached hydrogens (tertiary/aromatic N) is 2. The molecule has 0 aliphatic carbocycles. The minimum atomic E-state index is -0.0780. The first kappa shape index (κ1) is 14.6. The molecule has 0 bridgehead atoms. The fourth-order valence-electron chi connectivity index (χ4n) is 2.25. The summed E-state index contributed by atoms with van der Waals surface area (Å²) in [4.78, 5) is 27.5. The van der Waals surface area contributed by atoms with Crippen LogP contribution in [0, 0.1) is 0 Å². The number of carbonyl (C=O) groups excluding carboxylic acids is 2. The summed E-state index contributed by atoms with van der Waals surface area (Å²) in [6.45, 7) is 5.90. The van der Waals surface area contributed by atoms with Crippen LogP contribution in [0.1, 0.15) is 16.8 Å². The number of amides is 2. The average Bonchev–Trinajstić information content (AvgIpc) is 2.72. The second kappa shape index (κ2) is 6.57. The predicted molar refractivity (Wildman–Crippen MR) is 78.7 cm³/mol. The highest BCUT2D eigenvalue weighted by atomic mass is 35.5. The molecular weight excluding hydrogens is 276 g/mol. The Balaban J connectivity index is 2.03. The summed E-state index contributed by atoms with van der Waals surface area (Å²) in [5.74, 6) is -0.0969. The number of rotatable bonds is 2. The molecule has 1 aliphatic heterocycles. The molecule has 1 aromatic carbocycles. The van der Waals surface area contributed by atoms with Crippen LogP contribution in [0.25, 0.3) is 0 Å². The Morgan fingerprint density at radius 2 is 1.65 bits per heavy atom. The van der Waals surface area contributed by atoms with Crippen LogP contribution in [-0.2, 0) is 4.79 Å². The summed E-state index contributed by atoms with van der Waals surface area (Å²) in [6, 6.07) is 6.87. The van der Waals surface area contributed by atoms with Crippen LogP contribution in [-0.4, -0.2) is 47.8 Å². The van der Waals surface area contributed by atoms with Gasteiger partial charge in [-0.3, -0.25) is 9.59 Å². The SMILES string of the molecule is C=CC(=O)N1CCCN(C(=O)c2ccc(Cl)cc2)CC1. The van der Waals surface area contributed by atoms with Gasteiger partial charge in [0.05, 0.1) is 0 Å². The molecule has 106 valence electrons. The van der Waals surface area contributed by atoms with Gasteiger partial charge < -0.3 is 9.80 Å². The highest BCUT2D eigenvalue weighted by molar-refractivity contribution is 6.30. The number of benzene rings is 1. The third-order valence-electron chi connectivity index (χ3n) is 3.36. The topological polar surface area (TPSA) is 40.6 Å². The summed E-state index contributed by atoms with van der Waals surface area (Å²) in [5.41, 5.74) is 0.623. The van der Waals surface area contributed by atoms with E-state index in [-0.39, 0.29) is 11.8 Å². The second-order valence-corrected chi connectivity index (χ2v) is 5.12. The van der Waals surface area contributed by atoms with Crippen LogP contribution in [0.4, 0.5) is 0 Å². The Labute approximate surface area is 123 Å². The highest BCUT2D eigenvalue weighted by Gasteiger charge is 2.21. The maximum absolute atomic E-state index is 12.4. The van der Waals surface area contributed by atoms with Crippen molar-refractivity contribution in [3.8, 4) is 0 Å². The maximum Gasteiger partial charge on any atom is 0.253 e. The zero-order valence-corrected chi connectivity index (χ0v) is 12.0. The van der Waals surface area contributed by atoms with Crippen LogP contribution in [0.3, 0.4) is 0 Å². The summed E-state index contributed by atoms with van der Waals surface area (Å²) in [5, 5.41) is 0.611. The van der Waals surface area contributed by atoms with Crippen molar-refractivity contribution in [2.75, 3.05) is 26.2 Å². The summed E-state index contributed by atoms with van der Waals surface area (Å²) in [7, 11) is 0. The molecule has 1 heterocycles. The van der Waals surface area contributed by atoms with E-state index < -0.39 is 0 Å². The van der Waals surface area contributed by atoms with Gasteiger partial charge in [0.2, 0.25) is 5.91 Å². The Morgan fingerprint density at radius 3 is 2.30 bits per heavy atom. The van der Waals surface area contributed by atoms with Crippen molar-refractivity contribution in [1.82, 2.24) is 9.80 Å². The lowest BCUT2D eigenvalue weighted by atomic mass is 10.2. The molecule has 0 atom stereocenters. The molecule has 20 heavy (non-hydrogen) atoms. The van der Waals surface area contributed by atoms with Crippen LogP contribution in [0.5, 0.6) is 0 Å². The Morgan fingerprint density at radius 1 is 1.05 bits per heavy atom. The molecule has 1 fully saturated rings. The second-order valence-electron chi connectivity index (χ2n) is 4.68. The molecule has 0 N–H and O–H groups in total. The molecule has 1 saturated heterocycles. The summed E-state index contributed by atoms with van der Waals surface area (Å²) >= 11 is 5.82. The van der Waals surface area contributed by atoms with Gasteiger partial charge in [-0.1, -0.05) is 18.2 Å². The fourth-order valence-corrected chi connectivity index (χ4v) is 2.37. The number of hydrogen-bond acceptors (Lipinski definition) is 2. The normalized spacial score (nSPS) is 15.7. The lowest BCUT2D eigenvalue weighted by Crippen LogP contribution is -2.36. The third kappa shape index (κ3) is 3.39. The van der Waals surface area contributed by atoms with Gasteiger partial charge in [0, 0.05) is 36.8 Å². The largest absolute Gasteiger partial charge is 0.337 e. The predicted octanol–water partition coefficient (Wildman–Crippen LogP) is 2.20. The number of halogens is 1. The highest BCUT2D eigenvalue weighted by Crippen LogP contribution is 2.13. The van der Waals surface area contributed by atoms with Crippen molar-refractivity contribution >= 4 is 23.4 Å². The lowest BCUT2D eigenvalue weighted by Gasteiger charge is -2.21. The molecule has 0 spiro atoms. The molecule has 1 aromatic rings. The summed E-state index contributed by atoms with van der Waals surface area (Å²) in [6.07, 6.45) is 2.09. The van der Waals surface area contributed by atoms with Gasteiger partial charge in [-0.15, -0.1) is 0 Å². The van der Waals surface area contributed by atoms with E-state index in [4.69, 9.17) is 11.6 Å². The zero-order valence-electron chi connectivity index (χ0n) is 11.2. The van der Waals surface area contributed by atoms with Crippen LogP contribution >= 0.6 is 11.6 Å². The van der Waals surface area contributed by atoms with Crippen molar-refractivity contribution < 1.29 is 9.59 Å². The van der Waals surface area contributed by atoms with Crippen LogP contribution in [0.2, 0.25) is 5.02 Å². The number of hydrogen-bond donors (Lipinski definition) is 0. The standard InChI is InChI=1S/C15H17ClN2O2/c1-2-14(19)17-8-3-9-18(11-10-17)15(20)12-4-6-13(16)7-5-12/h2,4-7H,1,3,8-11H2. The molecule has 2 rings (SSSR count).